The van der Waals surface area contributed by atoms with Gasteiger partial charge in [0.15, 0.2) is 0 Å². The summed E-state index contributed by atoms with van der Waals surface area (Å²) in [5.74, 6) is 0.575. The van der Waals surface area contributed by atoms with Crippen LogP contribution in [0.15, 0.2) is 59.1 Å². The van der Waals surface area contributed by atoms with Crippen LogP contribution in [0.25, 0.3) is 11.4 Å². The van der Waals surface area contributed by atoms with Crippen LogP contribution in [0.1, 0.15) is 17.9 Å². The van der Waals surface area contributed by atoms with E-state index < -0.39 is 0 Å². The molecule has 0 radical (unpaired) electrons. The van der Waals surface area contributed by atoms with Gasteiger partial charge < -0.3 is 14.2 Å². The number of methoxy groups -OCH3 is 1. The summed E-state index contributed by atoms with van der Waals surface area (Å²) >= 11 is 0. The SMILES string of the molecule is COCCN(CCc1nc(-c2ccc(F)cc2)no1)C(=O)CCc1ccccc1. The number of ether oxygens (including phenoxy) is 1. The van der Waals surface area contributed by atoms with Crippen molar-refractivity contribution in [3.63, 3.8) is 0 Å². The fourth-order valence-electron chi connectivity index (χ4n) is 2.92. The molecule has 2 aromatic carbocycles. The summed E-state index contributed by atoms with van der Waals surface area (Å²) in [6, 6.07) is 15.8. The molecule has 0 unspecified atom stereocenters. The van der Waals surface area contributed by atoms with Crippen molar-refractivity contribution in [3.8, 4) is 11.4 Å². The van der Waals surface area contributed by atoms with Crippen LogP contribution < -0.4 is 0 Å². The van der Waals surface area contributed by atoms with Crippen molar-refractivity contribution in [2.45, 2.75) is 19.3 Å². The van der Waals surface area contributed by atoms with Crippen LogP contribution in [0.4, 0.5) is 4.39 Å². The number of benzene rings is 2. The van der Waals surface area contributed by atoms with Crippen LogP contribution in [-0.4, -0.2) is 47.8 Å². The molecule has 6 nitrogen and oxygen atoms in total. The molecule has 7 heteroatoms. The van der Waals surface area contributed by atoms with Gasteiger partial charge in [-0.2, -0.15) is 4.98 Å². The van der Waals surface area contributed by atoms with Gasteiger partial charge in [-0.05, 0) is 36.2 Å². The first-order valence-electron chi connectivity index (χ1n) is 9.55. The van der Waals surface area contributed by atoms with Gasteiger partial charge in [-0.25, -0.2) is 4.39 Å². The third-order valence-electron chi connectivity index (χ3n) is 4.55. The molecule has 0 atom stereocenters. The zero-order valence-electron chi connectivity index (χ0n) is 16.4. The fraction of sp³-hybridized carbons (Fsp3) is 0.318. The van der Waals surface area contributed by atoms with Gasteiger partial charge in [-0.1, -0.05) is 35.5 Å². The molecule has 3 aromatic rings. The summed E-state index contributed by atoms with van der Waals surface area (Å²) in [7, 11) is 1.61. The highest BCUT2D eigenvalue weighted by atomic mass is 19.1. The van der Waals surface area contributed by atoms with Crippen molar-refractivity contribution >= 4 is 5.91 Å². The van der Waals surface area contributed by atoms with Crippen molar-refractivity contribution in [3.05, 3.63) is 71.9 Å². The second-order valence-electron chi connectivity index (χ2n) is 6.63. The molecule has 0 aliphatic heterocycles. The molecular weight excluding hydrogens is 373 g/mol. The third-order valence-corrected chi connectivity index (χ3v) is 4.55. The monoisotopic (exact) mass is 397 g/mol. The molecule has 29 heavy (non-hydrogen) atoms. The van der Waals surface area contributed by atoms with E-state index in [2.05, 4.69) is 10.1 Å². The maximum atomic E-state index is 13.1. The number of carbonyl (C=O) groups is 1. The number of halogens is 1. The zero-order valence-corrected chi connectivity index (χ0v) is 16.4. The van der Waals surface area contributed by atoms with Gasteiger partial charge in [0, 0.05) is 38.6 Å². The van der Waals surface area contributed by atoms with Crippen LogP contribution in [0.5, 0.6) is 0 Å². The van der Waals surface area contributed by atoms with Crippen molar-refractivity contribution in [1.82, 2.24) is 15.0 Å². The summed E-state index contributed by atoms with van der Waals surface area (Å²) in [4.78, 5) is 18.8. The molecular formula is C22H24FN3O3. The summed E-state index contributed by atoms with van der Waals surface area (Å²) in [6.45, 7) is 1.42. The minimum Gasteiger partial charge on any atom is -0.383 e. The van der Waals surface area contributed by atoms with Gasteiger partial charge >= 0.3 is 0 Å². The summed E-state index contributed by atoms with van der Waals surface area (Å²) < 4.78 is 23.5. The summed E-state index contributed by atoms with van der Waals surface area (Å²) in [5, 5.41) is 3.94. The van der Waals surface area contributed by atoms with Crippen LogP contribution in [0.2, 0.25) is 0 Å². The Labute approximate surface area is 169 Å². The van der Waals surface area contributed by atoms with E-state index in [-0.39, 0.29) is 11.7 Å². The molecule has 1 aromatic heterocycles. The molecule has 152 valence electrons. The van der Waals surface area contributed by atoms with Crippen molar-refractivity contribution < 1.29 is 18.4 Å². The highest BCUT2D eigenvalue weighted by Crippen LogP contribution is 2.16. The van der Waals surface area contributed by atoms with Crippen LogP contribution in [0, 0.1) is 5.82 Å². The van der Waals surface area contributed by atoms with Gasteiger partial charge in [-0.15, -0.1) is 0 Å². The Morgan fingerprint density at radius 3 is 2.55 bits per heavy atom. The number of carbonyl (C=O) groups excluding carboxylic acids is 1. The van der Waals surface area contributed by atoms with E-state index in [0.717, 1.165) is 5.56 Å². The first-order chi connectivity index (χ1) is 14.2. The molecule has 0 N–H and O–H groups in total. The molecule has 1 heterocycles. The molecule has 0 saturated carbocycles. The fourth-order valence-corrected chi connectivity index (χ4v) is 2.92. The van der Waals surface area contributed by atoms with Crippen LogP contribution in [-0.2, 0) is 22.4 Å². The number of rotatable bonds is 10. The van der Waals surface area contributed by atoms with Gasteiger partial charge in [0.05, 0.1) is 6.61 Å². The lowest BCUT2D eigenvalue weighted by Gasteiger charge is -2.21. The van der Waals surface area contributed by atoms with Gasteiger partial charge in [-0.3, -0.25) is 4.79 Å². The zero-order chi connectivity index (χ0) is 20.5. The number of nitrogens with zero attached hydrogens (tertiary/aromatic N) is 3. The first kappa shape index (κ1) is 20.7. The smallest absolute Gasteiger partial charge is 0.228 e. The highest BCUT2D eigenvalue weighted by molar-refractivity contribution is 5.76. The third kappa shape index (κ3) is 6.22. The Kier molecular flexibility index (Phi) is 7.47. The van der Waals surface area contributed by atoms with E-state index in [1.165, 1.54) is 12.1 Å². The molecule has 0 bridgehead atoms. The van der Waals surface area contributed by atoms with Crippen molar-refractivity contribution in [2.24, 2.45) is 0 Å². The second-order valence-corrected chi connectivity index (χ2v) is 6.63. The lowest BCUT2D eigenvalue weighted by Crippen LogP contribution is -2.35. The van der Waals surface area contributed by atoms with Crippen molar-refractivity contribution in [1.29, 1.82) is 0 Å². The number of hydrogen-bond acceptors (Lipinski definition) is 5. The lowest BCUT2D eigenvalue weighted by molar-refractivity contribution is -0.131. The molecule has 0 saturated heterocycles. The Morgan fingerprint density at radius 2 is 1.83 bits per heavy atom. The van der Waals surface area contributed by atoms with Gasteiger partial charge in [0.25, 0.3) is 0 Å². The summed E-state index contributed by atoms with van der Waals surface area (Å²) in [5.41, 5.74) is 1.81. The van der Waals surface area contributed by atoms with E-state index in [0.29, 0.717) is 56.2 Å². The van der Waals surface area contributed by atoms with E-state index in [1.807, 2.05) is 30.3 Å². The maximum absolute atomic E-state index is 13.1. The average Bonchev–Trinajstić information content (AvgIpc) is 3.22. The average molecular weight is 397 g/mol. The Morgan fingerprint density at radius 1 is 1.07 bits per heavy atom. The van der Waals surface area contributed by atoms with Crippen LogP contribution in [0.3, 0.4) is 0 Å². The predicted molar refractivity (Wildman–Crippen MR) is 107 cm³/mol. The molecule has 0 spiro atoms. The summed E-state index contributed by atoms with van der Waals surface area (Å²) in [6.07, 6.45) is 1.56. The topological polar surface area (TPSA) is 68.5 Å². The van der Waals surface area contributed by atoms with E-state index >= 15 is 0 Å². The largest absolute Gasteiger partial charge is 0.383 e. The van der Waals surface area contributed by atoms with Gasteiger partial charge in [0.2, 0.25) is 17.6 Å². The van der Waals surface area contributed by atoms with E-state index in [1.54, 1.807) is 24.1 Å². The Hall–Kier alpha value is -3.06. The van der Waals surface area contributed by atoms with Crippen molar-refractivity contribution in [2.75, 3.05) is 26.8 Å². The number of amides is 1. The number of hydrogen-bond donors (Lipinski definition) is 0. The minimum atomic E-state index is -0.319. The Bertz CT molecular complexity index is 897. The molecule has 3 rings (SSSR count). The van der Waals surface area contributed by atoms with Crippen LogP contribution >= 0.6 is 0 Å². The predicted octanol–water partition coefficient (Wildman–Crippen LogP) is 3.53. The Balaban J connectivity index is 1.57. The van der Waals surface area contributed by atoms with E-state index in [4.69, 9.17) is 9.26 Å². The van der Waals surface area contributed by atoms with Gasteiger partial charge in [0.1, 0.15) is 5.82 Å². The quantitative estimate of drug-likeness (QED) is 0.524. The lowest BCUT2D eigenvalue weighted by atomic mass is 10.1. The second kappa shape index (κ2) is 10.5. The minimum absolute atomic E-state index is 0.0594. The molecule has 1 amide bonds. The number of aromatic nitrogens is 2. The molecule has 0 aliphatic rings. The highest BCUT2D eigenvalue weighted by Gasteiger charge is 2.16. The standard InChI is InChI=1S/C22H24FN3O3/c1-28-16-15-26(21(27)12-7-17-5-3-2-4-6-17)14-13-20-24-22(25-29-20)18-8-10-19(23)11-9-18/h2-6,8-11H,7,12-16H2,1H3. The van der Waals surface area contributed by atoms with E-state index in [9.17, 15) is 9.18 Å². The normalized spacial score (nSPS) is 10.8. The molecule has 0 aliphatic carbocycles. The number of aryl methyl sites for hydroxylation is 1. The molecule has 0 fully saturated rings. The first-order valence-corrected chi connectivity index (χ1v) is 9.55. The maximum Gasteiger partial charge on any atom is 0.228 e.